The van der Waals surface area contributed by atoms with Gasteiger partial charge in [-0.2, -0.15) is 5.10 Å². The van der Waals surface area contributed by atoms with E-state index in [0.29, 0.717) is 27.7 Å². The SMILES string of the molecule is Cc1ccc(NC(=O)C(=O)N/N=C\c2ccc(OCC(=O)Nc3ccccc3)cc2)cc1Cl. The Hall–Kier alpha value is -4.17. The van der Waals surface area contributed by atoms with Crippen molar-refractivity contribution in [1.82, 2.24) is 5.43 Å². The van der Waals surface area contributed by atoms with E-state index in [0.717, 1.165) is 5.56 Å². The van der Waals surface area contributed by atoms with E-state index in [2.05, 4.69) is 21.2 Å². The number of hydrogen-bond acceptors (Lipinski definition) is 5. The number of hydrazone groups is 1. The zero-order valence-electron chi connectivity index (χ0n) is 17.7. The lowest BCUT2D eigenvalue weighted by Gasteiger charge is -2.07. The molecule has 0 unspecified atom stereocenters. The second-order valence-corrected chi connectivity index (χ2v) is 7.30. The van der Waals surface area contributed by atoms with E-state index in [1.54, 1.807) is 54.6 Å². The number of aryl methyl sites for hydroxylation is 1. The maximum atomic E-state index is 11.9. The number of carbonyl (C=O) groups is 3. The number of anilines is 2. The molecule has 3 rings (SSSR count). The molecule has 0 heterocycles. The van der Waals surface area contributed by atoms with E-state index in [1.165, 1.54) is 6.21 Å². The molecule has 0 aliphatic carbocycles. The van der Waals surface area contributed by atoms with Crippen molar-refractivity contribution < 1.29 is 19.1 Å². The molecule has 0 aliphatic rings. The molecule has 168 valence electrons. The summed E-state index contributed by atoms with van der Waals surface area (Å²) in [6.07, 6.45) is 1.37. The third-order valence-electron chi connectivity index (χ3n) is 4.32. The van der Waals surface area contributed by atoms with Gasteiger partial charge in [0.05, 0.1) is 6.21 Å². The van der Waals surface area contributed by atoms with Gasteiger partial charge in [-0.25, -0.2) is 5.43 Å². The monoisotopic (exact) mass is 464 g/mol. The predicted octanol–water partition coefficient (Wildman–Crippen LogP) is 3.75. The zero-order valence-corrected chi connectivity index (χ0v) is 18.4. The Morgan fingerprint density at radius 1 is 0.909 bits per heavy atom. The van der Waals surface area contributed by atoms with Crippen LogP contribution in [-0.4, -0.2) is 30.5 Å². The predicted molar refractivity (Wildman–Crippen MR) is 128 cm³/mol. The number of hydrogen-bond donors (Lipinski definition) is 3. The quantitative estimate of drug-likeness (QED) is 0.281. The number of nitrogens with one attached hydrogen (secondary N) is 3. The van der Waals surface area contributed by atoms with Gasteiger partial charge in [0.15, 0.2) is 6.61 Å². The average Bonchev–Trinajstić information content (AvgIpc) is 2.81. The fraction of sp³-hybridized carbons (Fsp3) is 0.0833. The maximum Gasteiger partial charge on any atom is 0.329 e. The second kappa shape index (κ2) is 11.4. The minimum Gasteiger partial charge on any atom is -0.484 e. The summed E-state index contributed by atoms with van der Waals surface area (Å²) in [7, 11) is 0. The van der Waals surface area contributed by atoms with Gasteiger partial charge in [0.25, 0.3) is 5.91 Å². The van der Waals surface area contributed by atoms with Gasteiger partial charge >= 0.3 is 11.8 Å². The molecule has 0 aromatic heterocycles. The standard InChI is InChI=1S/C24H21ClN4O4/c1-16-7-10-19(13-21(16)25)28-23(31)24(32)29-26-14-17-8-11-20(12-9-17)33-15-22(30)27-18-5-3-2-4-6-18/h2-14H,15H2,1H3,(H,27,30)(H,28,31)(H,29,32)/b26-14-. The summed E-state index contributed by atoms with van der Waals surface area (Å²) in [5.41, 5.74) is 4.76. The number of halogens is 1. The second-order valence-electron chi connectivity index (χ2n) is 6.89. The lowest BCUT2D eigenvalue weighted by molar-refractivity contribution is -0.136. The number of amides is 3. The molecule has 0 radical (unpaired) electrons. The Kier molecular flexibility index (Phi) is 8.15. The normalized spacial score (nSPS) is 10.5. The van der Waals surface area contributed by atoms with Gasteiger partial charge in [-0.15, -0.1) is 0 Å². The highest BCUT2D eigenvalue weighted by atomic mass is 35.5. The molecular formula is C24H21ClN4O4. The van der Waals surface area contributed by atoms with Crippen molar-refractivity contribution in [1.29, 1.82) is 0 Å². The molecule has 8 nitrogen and oxygen atoms in total. The number of ether oxygens (including phenoxy) is 1. The van der Waals surface area contributed by atoms with Crippen molar-refractivity contribution in [2.75, 3.05) is 17.2 Å². The first-order valence-corrected chi connectivity index (χ1v) is 10.3. The number of carbonyl (C=O) groups excluding carboxylic acids is 3. The summed E-state index contributed by atoms with van der Waals surface area (Å²) >= 11 is 6.00. The third kappa shape index (κ3) is 7.48. The number of benzene rings is 3. The van der Waals surface area contributed by atoms with Crippen molar-refractivity contribution in [3.05, 3.63) is 88.9 Å². The lowest BCUT2D eigenvalue weighted by Crippen LogP contribution is -2.32. The first kappa shape index (κ1) is 23.5. The van der Waals surface area contributed by atoms with Gasteiger partial charge in [-0.05, 0) is 66.6 Å². The summed E-state index contributed by atoms with van der Waals surface area (Å²) in [4.78, 5) is 35.8. The Morgan fingerprint density at radius 3 is 2.33 bits per heavy atom. The topological polar surface area (TPSA) is 109 Å². The van der Waals surface area contributed by atoms with Crippen LogP contribution in [-0.2, 0) is 14.4 Å². The van der Waals surface area contributed by atoms with Crippen LogP contribution in [0.1, 0.15) is 11.1 Å². The van der Waals surface area contributed by atoms with Gasteiger partial charge in [-0.3, -0.25) is 14.4 Å². The van der Waals surface area contributed by atoms with Crippen molar-refractivity contribution in [2.45, 2.75) is 6.92 Å². The van der Waals surface area contributed by atoms with E-state index >= 15 is 0 Å². The molecular weight excluding hydrogens is 444 g/mol. The first-order valence-electron chi connectivity index (χ1n) is 9.89. The molecule has 0 spiro atoms. The van der Waals surface area contributed by atoms with Crippen LogP contribution in [0.25, 0.3) is 0 Å². The van der Waals surface area contributed by atoms with Gasteiger partial charge in [0.1, 0.15) is 5.75 Å². The van der Waals surface area contributed by atoms with Gasteiger partial charge in [-0.1, -0.05) is 35.9 Å². The van der Waals surface area contributed by atoms with Crippen molar-refractivity contribution in [2.24, 2.45) is 5.10 Å². The van der Waals surface area contributed by atoms with Crippen molar-refractivity contribution in [3.8, 4) is 5.75 Å². The van der Waals surface area contributed by atoms with Crippen LogP contribution in [0.2, 0.25) is 5.02 Å². The van der Waals surface area contributed by atoms with Crippen LogP contribution in [0, 0.1) is 6.92 Å². The molecule has 3 N–H and O–H groups in total. The molecule has 3 amide bonds. The molecule has 0 aliphatic heterocycles. The number of rotatable bonds is 7. The summed E-state index contributed by atoms with van der Waals surface area (Å²) in [5.74, 6) is -1.58. The van der Waals surface area contributed by atoms with Crippen LogP contribution in [0.4, 0.5) is 11.4 Å². The third-order valence-corrected chi connectivity index (χ3v) is 4.73. The van der Waals surface area contributed by atoms with E-state index in [4.69, 9.17) is 16.3 Å². The summed E-state index contributed by atoms with van der Waals surface area (Å²) in [5, 5.41) is 9.42. The van der Waals surface area contributed by atoms with Gasteiger partial charge < -0.3 is 15.4 Å². The molecule has 3 aromatic carbocycles. The lowest BCUT2D eigenvalue weighted by atomic mass is 10.2. The Balaban J connectivity index is 1.43. The molecule has 0 saturated heterocycles. The molecule has 0 bridgehead atoms. The van der Waals surface area contributed by atoms with E-state index in [1.807, 2.05) is 25.1 Å². The summed E-state index contributed by atoms with van der Waals surface area (Å²) < 4.78 is 5.45. The number of nitrogens with zero attached hydrogens (tertiary/aromatic N) is 1. The Morgan fingerprint density at radius 2 is 1.64 bits per heavy atom. The fourth-order valence-corrected chi connectivity index (χ4v) is 2.77. The molecule has 33 heavy (non-hydrogen) atoms. The van der Waals surface area contributed by atoms with Gasteiger partial charge in [0, 0.05) is 16.4 Å². The molecule has 3 aromatic rings. The first-order chi connectivity index (χ1) is 15.9. The van der Waals surface area contributed by atoms with Crippen LogP contribution in [0.15, 0.2) is 77.9 Å². The summed E-state index contributed by atoms with van der Waals surface area (Å²) in [6, 6.07) is 20.7. The van der Waals surface area contributed by atoms with Gasteiger partial charge in [0.2, 0.25) is 0 Å². The van der Waals surface area contributed by atoms with E-state index in [-0.39, 0.29) is 12.5 Å². The minimum absolute atomic E-state index is 0.139. The molecule has 0 atom stereocenters. The largest absolute Gasteiger partial charge is 0.484 e. The van der Waals surface area contributed by atoms with Crippen LogP contribution >= 0.6 is 11.6 Å². The molecule has 0 fully saturated rings. The summed E-state index contributed by atoms with van der Waals surface area (Å²) in [6.45, 7) is 1.69. The van der Waals surface area contributed by atoms with E-state index < -0.39 is 11.8 Å². The van der Waals surface area contributed by atoms with Crippen LogP contribution in [0.3, 0.4) is 0 Å². The Bertz CT molecular complexity index is 1160. The Labute approximate surface area is 195 Å². The molecule has 9 heteroatoms. The smallest absolute Gasteiger partial charge is 0.329 e. The zero-order chi connectivity index (χ0) is 23.6. The minimum atomic E-state index is -0.924. The fourth-order valence-electron chi connectivity index (χ4n) is 2.59. The molecule has 0 saturated carbocycles. The highest BCUT2D eigenvalue weighted by Crippen LogP contribution is 2.19. The average molecular weight is 465 g/mol. The van der Waals surface area contributed by atoms with E-state index in [9.17, 15) is 14.4 Å². The van der Waals surface area contributed by atoms with Crippen molar-refractivity contribution >= 4 is 46.9 Å². The highest BCUT2D eigenvalue weighted by molar-refractivity contribution is 6.39. The number of para-hydroxylation sites is 1. The maximum absolute atomic E-state index is 11.9. The van der Waals surface area contributed by atoms with Crippen LogP contribution in [0.5, 0.6) is 5.75 Å². The highest BCUT2D eigenvalue weighted by Gasteiger charge is 2.13. The van der Waals surface area contributed by atoms with Crippen LogP contribution < -0.4 is 20.8 Å². The van der Waals surface area contributed by atoms with Crippen molar-refractivity contribution in [3.63, 3.8) is 0 Å².